The van der Waals surface area contributed by atoms with Gasteiger partial charge in [-0.05, 0) is 25.0 Å². The van der Waals surface area contributed by atoms with Gasteiger partial charge in [0.2, 0.25) is 0 Å². The summed E-state index contributed by atoms with van der Waals surface area (Å²) in [6.07, 6.45) is 2.02. The Morgan fingerprint density at radius 2 is 2.00 bits per heavy atom. The minimum Gasteiger partial charge on any atom is -0.487 e. The van der Waals surface area contributed by atoms with Crippen molar-refractivity contribution in [3.8, 4) is 5.75 Å². The molecule has 1 spiro atoms. The van der Waals surface area contributed by atoms with Crippen LogP contribution in [0.2, 0.25) is 0 Å². The standard InChI is InChI=1S/C12H13F2NO/c13-8-1-2-11(10(14)3-8)16-9-4-12(5-9)6-15-7-12/h1-3,9,15H,4-7H2. The van der Waals surface area contributed by atoms with E-state index in [0.717, 1.165) is 32.0 Å². The Bertz CT molecular complexity index is 409. The number of benzene rings is 1. The Kier molecular flexibility index (Phi) is 2.14. The van der Waals surface area contributed by atoms with Crippen LogP contribution in [0.5, 0.6) is 5.75 Å². The first-order chi connectivity index (χ1) is 7.67. The third-order valence-corrected chi connectivity index (χ3v) is 3.51. The van der Waals surface area contributed by atoms with Crippen molar-refractivity contribution >= 4 is 0 Å². The third-order valence-electron chi connectivity index (χ3n) is 3.51. The van der Waals surface area contributed by atoms with Crippen molar-refractivity contribution in [1.82, 2.24) is 5.32 Å². The Labute approximate surface area is 92.6 Å². The fourth-order valence-electron chi connectivity index (χ4n) is 2.51. The molecule has 0 amide bonds. The van der Waals surface area contributed by atoms with Gasteiger partial charge in [0.1, 0.15) is 11.9 Å². The molecule has 1 N–H and O–H groups in total. The van der Waals surface area contributed by atoms with Crippen LogP contribution in [0.25, 0.3) is 0 Å². The predicted molar refractivity (Wildman–Crippen MR) is 55.3 cm³/mol. The first-order valence-electron chi connectivity index (χ1n) is 5.49. The van der Waals surface area contributed by atoms with Crippen molar-refractivity contribution in [2.75, 3.05) is 13.1 Å². The molecule has 1 aliphatic heterocycles. The molecule has 2 nitrogen and oxygen atoms in total. The molecule has 1 aromatic carbocycles. The normalized spacial score (nSPS) is 22.6. The van der Waals surface area contributed by atoms with Gasteiger partial charge in [-0.3, -0.25) is 0 Å². The molecule has 1 aromatic rings. The van der Waals surface area contributed by atoms with Gasteiger partial charge in [0.15, 0.2) is 11.6 Å². The van der Waals surface area contributed by atoms with E-state index in [1.165, 1.54) is 12.1 Å². The molecule has 16 heavy (non-hydrogen) atoms. The summed E-state index contributed by atoms with van der Waals surface area (Å²) < 4.78 is 31.4. The van der Waals surface area contributed by atoms with Crippen molar-refractivity contribution in [2.45, 2.75) is 18.9 Å². The van der Waals surface area contributed by atoms with Gasteiger partial charge in [-0.25, -0.2) is 8.78 Å². The minimum atomic E-state index is -0.618. The molecule has 0 bridgehead atoms. The van der Waals surface area contributed by atoms with Gasteiger partial charge >= 0.3 is 0 Å². The summed E-state index contributed by atoms with van der Waals surface area (Å²) in [6, 6.07) is 3.43. The summed E-state index contributed by atoms with van der Waals surface area (Å²) in [5, 5.41) is 3.23. The smallest absolute Gasteiger partial charge is 0.167 e. The quantitative estimate of drug-likeness (QED) is 0.832. The van der Waals surface area contributed by atoms with E-state index < -0.39 is 11.6 Å². The highest BCUT2D eigenvalue weighted by molar-refractivity contribution is 5.25. The van der Waals surface area contributed by atoms with Gasteiger partial charge in [0.05, 0.1) is 0 Å². The number of ether oxygens (including phenoxy) is 1. The number of rotatable bonds is 2. The lowest BCUT2D eigenvalue weighted by atomic mass is 9.63. The van der Waals surface area contributed by atoms with E-state index in [4.69, 9.17) is 4.74 Å². The highest BCUT2D eigenvalue weighted by Gasteiger charge is 2.49. The van der Waals surface area contributed by atoms with Crippen molar-refractivity contribution in [1.29, 1.82) is 0 Å². The van der Waals surface area contributed by atoms with Gasteiger partial charge in [-0.2, -0.15) is 0 Å². The van der Waals surface area contributed by atoms with Crippen LogP contribution >= 0.6 is 0 Å². The van der Waals surface area contributed by atoms with Gasteiger partial charge in [0.25, 0.3) is 0 Å². The Balaban J connectivity index is 1.62. The van der Waals surface area contributed by atoms with Crippen LogP contribution in [0.15, 0.2) is 18.2 Å². The molecule has 0 radical (unpaired) electrons. The van der Waals surface area contributed by atoms with Crippen LogP contribution in [0.4, 0.5) is 8.78 Å². The molecule has 2 aliphatic rings. The SMILES string of the molecule is Fc1ccc(OC2CC3(CNC3)C2)c(F)c1. The zero-order valence-electron chi connectivity index (χ0n) is 8.80. The average molecular weight is 225 g/mol. The molecule has 2 fully saturated rings. The van der Waals surface area contributed by atoms with Gasteiger partial charge in [-0.15, -0.1) is 0 Å². The minimum absolute atomic E-state index is 0.0852. The number of hydrogen-bond acceptors (Lipinski definition) is 2. The lowest BCUT2D eigenvalue weighted by Crippen LogP contribution is -2.62. The topological polar surface area (TPSA) is 21.3 Å². The Morgan fingerprint density at radius 3 is 2.56 bits per heavy atom. The number of hydrogen-bond donors (Lipinski definition) is 1. The molecule has 86 valence electrons. The highest BCUT2D eigenvalue weighted by atomic mass is 19.1. The molecule has 0 unspecified atom stereocenters. The maximum absolute atomic E-state index is 13.3. The summed E-state index contributed by atoms with van der Waals surface area (Å²) in [4.78, 5) is 0. The van der Waals surface area contributed by atoms with E-state index >= 15 is 0 Å². The maximum atomic E-state index is 13.3. The van der Waals surface area contributed by atoms with E-state index in [9.17, 15) is 8.78 Å². The lowest BCUT2D eigenvalue weighted by Gasteiger charge is -2.53. The van der Waals surface area contributed by atoms with Crippen LogP contribution in [0.1, 0.15) is 12.8 Å². The van der Waals surface area contributed by atoms with E-state index in [0.29, 0.717) is 5.41 Å². The van der Waals surface area contributed by atoms with Crippen LogP contribution < -0.4 is 10.1 Å². The van der Waals surface area contributed by atoms with Crippen molar-refractivity contribution in [2.24, 2.45) is 5.41 Å². The second-order valence-corrected chi connectivity index (χ2v) is 4.83. The lowest BCUT2D eigenvalue weighted by molar-refractivity contribution is -0.0509. The molecule has 0 atom stereocenters. The predicted octanol–water partition coefficient (Wildman–Crippen LogP) is 2.10. The molecule has 1 aliphatic carbocycles. The van der Waals surface area contributed by atoms with E-state index in [1.54, 1.807) is 0 Å². The summed E-state index contributed by atoms with van der Waals surface area (Å²) in [6.45, 7) is 2.08. The largest absolute Gasteiger partial charge is 0.487 e. The summed E-state index contributed by atoms with van der Waals surface area (Å²) in [5.74, 6) is -1.03. The second-order valence-electron chi connectivity index (χ2n) is 4.83. The highest BCUT2D eigenvalue weighted by Crippen LogP contribution is 2.45. The molecule has 1 saturated heterocycles. The van der Waals surface area contributed by atoms with E-state index in [1.807, 2.05) is 0 Å². The molecule has 4 heteroatoms. The maximum Gasteiger partial charge on any atom is 0.167 e. The fourth-order valence-corrected chi connectivity index (χ4v) is 2.51. The van der Waals surface area contributed by atoms with Crippen LogP contribution in [0, 0.1) is 17.0 Å². The second kappa shape index (κ2) is 3.42. The fraction of sp³-hybridized carbons (Fsp3) is 0.500. The number of halogens is 2. The van der Waals surface area contributed by atoms with Gasteiger partial charge < -0.3 is 10.1 Å². The van der Waals surface area contributed by atoms with E-state index in [2.05, 4.69) is 5.32 Å². The van der Waals surface area contributed by atoms with Crippen molar-refractivity contribution < 1.29 is 13.5 Å². The zero-order valence-corrected chi connectivity index (χ0v) is 8.80. The average Bonchev–Trinajstić information content (AvgIpc) is 2.10. The van der Waals surface area contributed by atoms with Gasteiger partial charge in [0, 0.05) is 24.6 Å². The Hall–Kier alpha value is -1.16. The van der Waals surface area contributed by atoms with Crippen molar-refractivity contribution in [3.63, 3.8) is 0 Å². The third kappa shape index (κ3) is 1.57. The zero-order chi connectivity index (χ0) is 11.2. The molecule has 1 heterocycles. The van der Waals surface area contributed by atoms with Crippen molar-refractivity contribution in [3.05, 3.63) is 29.8 Å². The molecule has 1 saturated carbocycles. The molecule has 3 rings (SSSR count). The van der Waals surface area contributed by atoms with Crippen LogP contribution in [0.3, 0.4) is 0 Å². The van der Waals surface area contributed by atoms with Crippen LogP contribution in [-0.2, 0) is 0 Å². The van der Waals surface area contributed by atoms with Crippen LogP contribution in [-0.4, -0.2) is 19.2 Å². The summed E-state index contributed by atoms with van der Waals surface area (Å²) >= 11 is 0. The molecular formula is C12H13F2NO. The molecule has 0 aromatic heterocycles. The summed E-state index contributed by atoms with van der Waals surface area (Å²) in [7, 11) is 0. The first-order valence-corrected chi connectivity index (χ1v) is 5.49. The Morgan fingerprint density at radius 1 is 1.25 bits per heavy atom. The molecular weight excluding hydrogens is 212 g/mol. The first kappa shape index (κ1) is 10.0. The van der Waals surface area contributed by atoms with Gasteiger partial charge in [-0.1, -0.05) is 0 Å². The summed E-state index contributed by atoms with van der Waals surface area (Å²) in [5.41, 5.74) is 0.404. The monoisotopic (exact) mass is 225 g/mol. The number of nitrogens with one attached hydrogen (secondary N) is 1. The van der Waals surface area contributed by atoms with E-state index in [-0.39, 0.29) is 11.9 Å².